The third-order valence-electron chi connectivity index (χ3n) is 5.47. The molecule has 6 heteroatoms. The summed E-state index contributed by atoms with van der Waals surface area (Å²) in [6, 6.07) is 13.7. The van der Waals surface area contributed by atoms with Crippen molar-refractivity contribution < 1.29 is 14.3 Å². The summed E-state index contributed by atoms with van der Waals surface area (Å²) in [6.07, 6.45) is 2.23. The first-order valence-electron chi connectivity index (χ1n) is 8.84. The minimum absolute atomic E-state index is 0.0665. The number of pyridine rings is 1. The Morgan fingerprint density at radius 3 is 2.81 bits per heavy atom. The summed E-state index contributed by atoms with van der Waals surface area (Å²) < 4.78 is 12.0. The van der Waals surface area contributed by atoms with E-state index in [1.807, 2.05) is 18.2 Å². The zero-order valence-corrected chi connectivity index (χ0v) is 14.8. The molecule has 0 unspecified atom stereocenters. The lowest BCUT2D eigenvalue weighted by atomic mass is 9.87. The van der Waals surface area contributed by atoms with E-state index in [4.69, 9.17) is 15.2 Å². The van der Waals surface area contributed by atoms with Gasteiger partial charge in [-0.1, -0.05) is 30.3 Å². The smallest absolute Gasteiger partial charge is 0.255 e. The zero-order chi connectivity index (χ0) is 18.1. The first kappa shape index (κ1) is 17.0. The van der Waals surface area contributed by atoms with Gasteiger partial charge in [-0.25, -0.2) is 4.98 Å². The van der Waals surface area contributed by atoms with Crippen molar-refractivity contribution in [3.8, 4) is 0 Å². The maximum Gasteiger partial charge on any atom is 0.255 e. The van der Waals surface area contributed by atoms with Gasteiger partial charge < -0.3 is 20.1 Å². The Balaban J connectivity index is 1.53. The Morgan fingerprint density at radius 1 is 1.31 bits per heavy atom. The highest BCUT2D eigenvalue weighted by atomic mass is 16.6. The molecule has 0 bridgehead atoms. The Morgan fingerprint density at radius 2 is 2.12 bits per heavy atom. The number of anilines is 1. The van der Waals surface area contributed by atoms with E-state index in [0.717, 1.165) is 6.42 Å². The van der Waals surface area contributed by atoms with Gasteiger partial charge in [0.2, 0.25) is 0 Å². The lowest BCUT2D eigenvalue weighted by Crippen LogP contribution is -2.42. The van der Waals surface area contributed by atoms with Crippen LogP contribution in [0.1, 0.15) is 28.3 Å². The van der Waals surface area contributed by atoms with Gasteiger partial charge in [-0.3, -0.25) is 4.79 Å². The Bertz CT molecular complexity index is 781. The number of carbonyl (C=O) groups excluding carboxylic acids is 1. The minimum Gasteiger partial charge on any atom is -0.384 e. The molecule has 6 nitrogen and oxygen atoms in total. The average molecular weight is 353 g/mol. The normalized spacial score (nSPS) is 28.0. The summed E-state index contributed by atoms with van der Waals surface area (Å²) in [4.78, 5) is 18.7. The summed E-state index contributed by atoms with van der Waals surface area (Å²) in [7, 11) is 1.68. The molecule has 2 N–H and O–H groups in total. The number of nitrogens with two attached hydrogens (primary N) is 1. The van der Waals surface area contributed by atoms with Gasteiger partial charge in [0.15, 0.2) is 0 Å². The summed E-state index contributed by atoms with van der Waals surface area (Å²) in [5.74, 6) is 0.657. The van der Waals surface area contributed by atoms with E-state index in [1.54, 1.807) is 24.1 Å². The summed E-state index contributed by atoms with van der Waals surface area (Å²) >= 11 is 0. The van der Waals surface area contributed by atoms with Gasteiger partial charge in [0.1, 0.15) is 17.5 Å². The van der Waals surface area contributed by atoms with Gasteiger partial charge in [0.05, 0.1) is 25.3 Å². The third-order valence-corrected chi connectivity index (χ3v) is 5.47. The number of nitrogens with zero attached hydrogens (tertiary/aromatic N) is 2. The third kappa shape index (κ3) is 2.95. The van der Waals surface area contributed by atoms with Crippen LogP contribution in [0.3, 0.4) is 0 Å². The van der Waals surface area contributed by atoms with Gasteiger partial charge in [-0.05, 0) is 24.1 Å². The molecule has 1 aromatic carbocycles. The second kappa shape index (κ2) is 6.70. The fraction of sp³-hybridized carbons (Fsp3) is 0.400. The highest BCUT2D eigenvalue weighted by Gasteiger charge is 2.54. The number of hydrogen-bond donors (Lipinski definition) is 1. The van der Waals surface area contributed by atoms with Crippen LogP contribution in [0.15, 0.2) is 48.7 Å². The predicted octanol–water partition coefficient (Wildman–Crippen LogP) is 2.08. The van der Waals surface area contributed by atoms with Crippen molar-refractivity contribution in [1.29, 1.82) is 0 Å². The molecule has 3 heterocycles. The van der Waals surface area contributed by atoms with Crippen LogP contribution in [-0.2, 0) is 9.47 Å². The molecule has 3 atom stereocenters. The van der Waals surface area contributed by atoms with Crippen molar-refractivity contribution in [2.45, 2.75) is 24.0 Å². The molecule has 2 saturated heterocycles. The molecular formula is C20H23N3O3. The van der Waals surface area contributed by atoms with Crippen LogP contribution in [-0.4, -0.2) is 54.3 Å². The number of methoxy groups -OCH3 is 1. The first-order chi connectivity index (χ1) is 12.6. The Labute approximate surface area is 152 Å². The zero-order valence-electron chi connectivity index (χ0n) is 14.8. The predicted molar refractivity (Wildman–Crippen MR) is 97.8 cm³/mol. The number of carbonyl (C=O) groups is 1. The lowest BCUT2D eigenvalue weighted by molar-refractivity contribution is -0.0755. The minimum atomic E-state index is -0.452. The van der Waals surface area contributed by atoms with E-state index >= 15 is 0 Å². The van der Waals surface area contributed by atoms with Gasteiger partial charge in [0, 0.05) is 19.2 Å². The van der Waals surface area contributed by atoms with Gasteiger partial charge in [-0.15, -0.1) is 0 Å². The number of rotatable bonds is 3. The van der Waals surface area contributed by atoms with Crippen molar-refractivity contribution in [2.75, 3.05) is 32.5 Å². The Hall–Kier alpha value is -2.44. The molecule has 0 saturated carbocycles. The standard InChI is InChI=1S/C20H23N3O3/c1-25-17-11-23(19(24)15-7-8-18(21)22-10-15)13-20(17)9-16(12-26-20)14-5-3-2-4-6-14/h2-8,10,16-17H,9,11-13H2,1H3,(H2,21,22)/t16-,17+,20+/m0/s1. The van der Waals surface area contributed by atoms with Crippen molar-refractivity contribution in [3.05, 3.63) is 59.8 Å². The largest absolute Gasteiger partial charge is 0.384 e. The number of hydrogen-bond acceptors (Lipinski definition) is 5. The molecule has 2 aliphatic rings. The molecule has 1 amide bonds. The first-order valence-corrected chi connectivity index (χ1v) is 8.84. The van der Waals surface area contributed by atoms with Gasteiger partial charge >= 0.3 is 0 Å². The number of likely N-dealkylation sites (tertiary alicyclic amines) is 1. The molecule has 2 fully saturated rings. The summed E-state index contributed by atoms with van der Waals surface area (Å²) in [6.45, 7) is 1.69. The molecule has 0 aliphatic carbocycles. The van der Waals surface area contributed by atoms with Gasteiger partial charge in [-0.2, -0.15) is 0 Å². The number of aromatic nitrogens is 1. The topological polar surface area (TPSA) is 77.7 Å². The van der Waals surface area contributed by atoms with Crippen molar-refractivity contribution in [3.63, 3.8) is 0 Å². The van der Waals surface area contributed by atoms with E-state index < -0.39 is 5.60 Å². The summed E-state index contributed by atoms with van der Waals surface area (Å²) in [5, 5.41) is 0. The average Bonchev–Trinajstić information content (AvgIpc) is 3.27. The lowest BCUT2D eigenvalue weighted by Gasteiger charge is -2.28. The van der Waals surface area contributed by atoms with Crippen LogP contribution in [0.5, 0.6) is 0 Å². The number of nitrogen functional groups attached to an aromatic ring is 1. The highest BCUT2D eigenvalue weighted by Crippen LogP contribution is 2.43. The van der Waals surface area contributed by atoms with E-state index in [1.165, 1.54) is 11.8 Å². The van der Waals surface area contributed by atoms with E-state index in [-0.39, 0.29) is 12.0 Å². The quantitative estimate of drug-likeness (QED) is 0.914. The molecule has 0 radical (unpaired) electrons. The number of ether oxygens (including phenoxy) is 2. The fourth-order valence-corrected chi connectivity index (χ4v) is 4.09. The molecule has 2 aliphatic heterocycles. The van der Waals surface area contributed by atoms with Gasteiger partial charge in [0.25, 0.3) is 5.91 Å². The van der Waals surface area contributed by atoms with E-state index in [2.05, 4.69) is 17.1 Å². The maximum absolute atomic E-state index is 12.8. The summed E-state index contributed by atoms with van der Waals surface area (Å²) in [5.41, 5.74) is 6.96. The van der Waals surface area contributed by atoms with Crippen LogP contribution < -0.4 is 5.73 Å². The molecule has 2 aromatic rings. The van der Waals surface area contributed by atoms with Crippen molar-refractivity contribution in [1.82, 2.24) is 9.88 Å². The molecule has 26 heavy (non-hydrogen) atoms. The van der Waals surface area contributed by atoms with Crippen molar-refractivity contribution >= 4 is 11.7 Å². The number of amides is 1. The van der Waals surface area contributed by atoms with Crippen LogP contribution >= 0.6 is 0 Å². The van der Waals surface area contributed by atoms with Crippen LogP contribution in [0.4, 0.5) is 5.82 Å². The monoisotopic (exact) mass is 353 g/mol. The van der Waals surface area contributed by atoms with Crippen LogP contribution in [0, 0.1) is 0 Å². The number of benzene rings is 1. The second-order valence-corrected chi connectivity index (χ2v) is 7.07. The Kier molecular flexibility index (Phi) is 4.38. The van der Waals surface area contributed by atoms with E-state index in [0.29, 0.717) is 37.0 Å². The molecule has 4 rings (SSSR count). The fourth-order valence-electron chi connectivity index (χ4n) is 4.09. The van der Waals surface area contributed by atoms with Crippen molar-refractivity contribution in [2.24, 2.45) is 0 Å². The highest BCUT2D eigenvalue weighted by molar-refractivity contribution is 5.94. The molecule has 1 spiro atoms. The SMILES string of the molecule is CO[C@@H]1CN(C(=O)c2ccc(N)nc2)C[C@]12C[C@H](c1ccccc1)CO2. The molecule has 136 valence electrons. The molecular weight excluding hydrogens is 330 g/mol. The van der Waals surface area contributed by atoms with Crippen LogP contribution in [0.25, 0.3) is 0 Å². The maximum atomic E-state index is 12.8. The van der Waals surface area contributed by atoms with E-state index in [9.17, 15) is 4.79 Å². The second-order valence-electron chi connectivity index (χ2n) is 7.07. The molecule has 1 aromatic heterocycles. The van der Waals surface area contributed by atoms with Crippen LogP contribution in [0.2, 0.25) is 0 Å².